The van der Waals surface area contributed by atoms with Gasteiger partial charge in [0.25, 0.3) is 0 Å². The minimum absolute atomic E-state index is 0.429. The lowest BCUT2D eigenvalue weighted by Crippen LogP contribution is -2.64. The van der Waals surface area contributed by atoms with Crippen molar-refractivity contribution in [3.63, 3.8) is 0 Å². The van der Waals surface area contributed by atoms with Crippen LogP contribution in [0.2, 0.25) is 0 Å². The molecule has 0 saturated carbocycles. The Morgan fingerprint density at radius 3 is 2.33 bits per heavy atom. The van der Waals surface area contributed by atoms with E-state index in [1.54, 1.807) is 0 Å². The maximum atomic E-state index is 3.79. The zero-order valence-corrected chi connectivity index (χ0v) is 13.1. The second-order valence-corrected chi connectivity index (χ2v) is 5.95. The highest BCUT2D eigenvalue weighted by atomic mass is 15.3. The fourth-order valence-electron chi connectivity index (χ4n) is 3.34. The van der Waals surface area contributed by atoms with E-state index in [4.69, 9.17) is 0 Å². The molecule has 0 aliphatic carbocycles. The van der Waals surface area contributed by atoms with Crippen molar-refractivity contribution >= 4 is 0 Å². The van der Waals surface area contributed by atoms with Crippen molar-refractivity contribution in [2.75, 3.05) is 19.6 Å². The van der Waals surface area contributed by atoms with Crippen LogP contribution in [0.25, 0.3) is 0 Å². The van der Waals surface area contributed by atoms with Gasteiger partial charge in [-0.15, -0.1) is 0 Å². The summed E-state index contributed by atoms with van der Waals surface area (Å²) in [5, 5.41) is 3.79. The van der Waals surface area contributed by atoms with Crippen LogP contribution in [0.1, 0.15) is 72.6 Å². The van der Waals surface area contributed by atoms with Crippen molar-refractivity contribution in [3.8, 4) is 0 Å². The van der Waals surface area contributed by atoms with Gasteiger partial charge in [-0.3, -0.25) is 4.90 Å². The Labute approximate surface area is 115 Å². The summed E-state index contributed by atoms with van der Waals surface area (Å²) < 4.78 is 0. The predicted molar refractivity (Wildman–Crippen MR) is 81.1 cm³/mol. The maximum Gasteiger partial charge on any atom is 0.0329 e. The monoisotopic (exact) mass is 254 g/mol. The third-order valence-electron chi connectivity index (χ3n) is 4.82. The Hall–Kier alpha value is -0.0800. The normalized spacial score (nSPS) is 24.3. The van der Waals surface area contributed by atoms with Crippen molar-refractivity contribution in [2.45, 2.75) is 84.2 Å². The molecule has 2 nitrogen and oxygen atoms in total. The summed E-state index contributed by atoms with van der Waals surface area (Å²) in [5.41, 5.74) is 0.429. The first kappa shape index (κ1) is 16.0. The smallest absolute Gasteiger partial charge is 0.0329 e. The highest BCUT2D eigenvalue weighted by Crippen LogP contribution is 2.28. The van der Waals surface area contributed by atoms with Crippen molar-refractivity contribution in [3.05, 3.63) is 0 Å². The largest absolute Gasteiger partial charge is 0.311 e. The first-order valence-corrected chi connectivity index (χ1v) is 8.20. The van der Waals surface area contributed by atoms with Crippen LogP contribution in [0.3, 0.4) is 0 Å². The molecule has 0 bridgehead atoms. The standard InChI is InChI=1S/C16H34N2/c1-5-9-10-12-18-13-15(11-6-2)17-14-16(18,7-3)8-4/h15,17H,5-14H2,1-4H3. The molecule has 1 unspecified atom stereocenters. The molecule has 1 N–H and O–H groups in total. The molecular weight excluding hydrogens is 220 g/mol. The summed E-state index contributed by atoms with van der Waals surface area (Å²) >= 11 is 0. The molecule has 0 aromatic heterocycles. The maximum absolute atomic E-state index is 3.79. The first-order valence-electron chi connectivity index (χ1n) is 8.20. The Bertz CT molecular complexity index is 211. The zero-order valence-electron chi connectivity index (χ0n) is 13.1. The van der Waals surface area contributed by atoms with Crippen LogP contribution in [-0.4, -0.2) is 36.1 Å². The Morgan fingerprint density at radius 1 is 1.06 bits per heavy atom. The van der Waals surface area contributed by atoms with Gasteiger partial charge in [-0.05, 0) is 32.2 Å². The molecule has 1 aliphatic heterocycles. The quantitative estimate of drug-likeness (QED) is 0.663. The summed E-state index contributed by atoms with van der Waals surface area (Å²) in [6, 6.07) is 0.725. The van der Waals surface area contributed by atoms with Crippen molar-refractivity contribution in [1.82, 2.24) is 10.2 Å². The minimum atomic E-state index is 0.429. The third-order valence-corrected chi connectivity index (χ3v) is 4.82. The summed E-state index contributed by atoms with van der Waals surface area (Å²) in [6.45, 7) is 13.1. The average molecular weight is 254 g/mol. The minimum Gasteiger partial charge on any atom is -0.311 e. The van der Waals surface area contributed by atoms with Crippen molar-refractivity contribution < 1.29 is 0 Å². The van der Waals surface area contributed by atoms with Crippen LogP contribution in [-0.2, 0) is 0 Å². The van der Waals surface area contributed by atoms with Gasteiger partial charge >= 0.3 is 0 Å². The lowest BCUT2D eigenvalue weighted by Gasteiger charge is -2.50. The summed E-state index contributed by atoms with van der Waals surface area (Å²) in [5.74, 6) is 0. The highest BCUT2D eigenvalue weighted by Gasteiger charge is 2.37. The van der Waals surface area contributed by atoms with Crippen LogP contribution in [0, 0.1) is 0 Å². The van der Waals surface area contributed by atoms with Gasteiger partial charge in [0.05, 0.1) is 0 Å². The molecule has 0 radical (unpaired) electrons. The molecule has 0 amide bonds. The van der Waals surface area contributed by atoms with Gasteiger partial charge in [-0.1, -0.05) is 47.0 Å². The Kier molecular flexibility index (Phi) is 7.25. The number of hydrogen-bond donors (Lipinski definition) is 1. The predicted octanol–water partition coefficient (Wildman–Crippen LogP) is 3.81. The number of hydrogen-bond acceptors (Lipinski definition) is 2. The molecule has 1 fully saturated rings. The van der Waals surface area contributed by atoms with E-state index in [1.165, 1.54) is 64.6 Å². The summed E-state index contributed by atoms with van der Waals surface area (Å²) in [7, 11) is 0. The second-order valence-electron chi connectivity index (χ2n) is 5.95. The average Bonchev–Trinajstić information content (AvgIpc) is 2.40. The van der Waals surface area contributed by atoms with Crippen LogP contribution in [0.5, 0.6) is 0 Å². The number of piperazine rings is 1. The number of rotatable bonds is 8. The van der Waals surface area contributed by atoms with E-state index in [9.17, 15) is 0 Å². The number of nitrogens with one attached hydrogen (secondary N) is 1. The summed E-state index contributed by atoms with van der Waals surface area (Å²) in [4.78, 5) is 2.81. The molecule has 1 rings (SSSR count). The van der Waals surface area contributed by atoms with Crippen LogP contribution in [0.4, 0.5) is 0 Å². The van der Waals surface area contributed by atoms with E-state index < -0.39 is 0 Å². The fraction of sp³-hybridized carbons (Fsp3) is 1.00. The van der Waals surface area contributed by atoms with Gasteiger partial charge in [-0.2, -0.15) is 0 Å². The van der Waals surface area contributed by atoms with Crippen molar-refractivity contribution in [2.24, 2.45) is 0 Å². The van der Waals surface area contributed by atoms with Gasteiger partial charge < -0.3 is 5.32 Å². The van der Waals surface area contributed by atoms with Gasteiger partial charge in [0, 0.05) is 24.7 Å². The van der Waals surface area contributed by atoms with Gasteiger partial charge in [0.1, 0.15) is 0 Å². The summed E-state index contributed by atoms with van der Waals surface area (Å²) in [6.07, 6.45) is 9.27. The van der Waals surface area contributed by atoms with Crippen LogP contribution in [0.15, 0.2) is 0 Å². The van der Waals surface area contributed by atoms with Crippen LogP contribution < -0.4 is 5.32 Å². The van der Waals surface area contributed by atoms with E-state index in [0.717, 1.165) is 6.04 Å². The Balaban J connectivity index is 2.60. The van der Waals surface area contributed by atoms with Gasteiger partial charge in [-0.25, -0.2) is 0 Å². The van der Waals surface area contributed by atoms with E-state index >= 15 is 0 Å². The molecule has 18 heavy (non-hydrogen) atoms. The van der Waals surface area contributed by atoms with E-state index in [1.807, 2.05) is 0 Å². The van der Waals surface area contributed by atoms with E-state index in [2.05, 4.69) is 37.9 Å². The molecule has 1 heterocycles. The van der Waals surface area contributed by atoms with Crippen molar-refractivity contribution in [1.29, 1.82) is 0 Å². The van der Waals surface area contributed by atoms with Gasteiger partial charge in [0.2, 0.25) is 0 Å². The van der Waals surface area contributed by atoms with Crippen LogP contribution >= 0.6 is 0 Å². The highest BCUT2D eigenvalue weighted by molar-refractivity contribution is 4.97. The fourth-order valence-corrected chi connectivity index (χ4v) is 3.34. The lowest BCUT2D eigenvalue weighted by molar-refractivity contribution is 0.0285. The molecule has 0 spiro atoms. The number of unbranched alkanes of at least 4 members (excludes halogenated alkanes) is 2. The molecule has 1 saturated heterocycles. The molecular formula is C16H34N2. The molecule has 1 atom stereocenters. The zero-order chi connectivity index (χ0) is 13.4. The Morgan fingerprint density at radius 2 is 1.78 bits per heavy atom. The molecule has 108 valence electrons. The lowest BCUT2D eigenvalue weighted by atomic mass is 9.86. The van der Waals surface area contributed by atoms with E-state index in [0.29, 0.717) is 5.54 Å². The molecule has 0 aromatic rings. The van der Waals surface area contributed by atoms with E-state index in [-0.39, 0.29) is 0 Å². The topological polar surface area (TPSA) is 15.3 Å². The first-order chi connectivity index (χ1) is 8.72. The molecule has 2 heteroatoms. The molecule has 0 aromatic carbocycles. The van der Waals surface area contributed by atoms with Gasteiger partial charge in [0.15, 0.2) is 0 Å². The molecule has 1 aliphatic rings. The SMILES string of the molecule is CCCCCN1CC(CCC)NCC1(CC)CC. The third kappa shape index (κ3) is 3.96. The second kappa shape index (κ2) is 8.16. The number of nitrogens with zero attached hydrogens (tertiary/aromatic N) is 1.